The van der Waals surface area contributed by atoms with Crippen molar-refractivity contribution < 1.29 is 0 Å². The second-order valence-corrected chi connectivity index (χ2v) is 13.7. The Morgan fingerprint density at radius 2 is 1.22 bits per heavy atom. The second-order valence-electron chi connectivity index (χ2n) is 13.7. The first-order valence-corrected chi connectivity index (χ1v) is 16.7. The number of pyridine rings is 2. The van der Waals surface area contributed by atoms with Gasteiger partial charge >= 0.3 is 0 Å². The van der Waals surface area contributed by atoms with E-state index in [-0.39, 0.29) is 5.41 Å². The van der Waals surface area contributed by atoms with Gasteiger partial charge in [0.05, 0.1) is 28.4 Å². The molecular formula is C46H29N3. The van der Waals surface area contributed by atoms with E-state index in [0.29, 0.717) is 5.56 Å². The van der Waals surface area contributed by atoms with Crippen LogP contribution in [0.15, 0.2) is 140 Å². The molecule has 0 spiro atoms. The maximum Gasteiger partial charge on any atom is 0.0991 e. The molecule has 0 amide bonds. The van der Waals surface area contributed by atoms with Crippen molar-refractivity contribution in [1.82, 2.24) is 9.97 Å². The zero-order valence-corrected chi connectivity index (χ0v) is 27.1. The van der Waals surface area contributed by atoms with Gasteiger partial charge in [-0.25, -0.2) is 4.98 Å². The third kappa shape index (κ3) is 3.89. The number of rotatable bonds is 2. The van der Waals surface area contributed by atoms with Crippen LogP contribution in [0.2, 0.25) is 0 Å². The molecule has 0 unspecified atom stereocenters. The summed E-state index contributed by atoms with van der Waals surface area (Å²) in [5.41, 5.74) is 11.9. The highest BCUT2D eigenvalue weighted by atomic mass is 14.7. The van der Waals surface area contributed by atoms with Crippen LogP contribution in [0.3, 0.4) is 0 Å². The predicted molar refractivity (Wildman–Crippen MR) is 203 cm³/mol. The SMILES string of the molecule is CC1(C)c2cc(C#N)ccc2-c2ccc(-c3ccc(-c4nc5ccccc5c5c4ccc4ccc6cccnc6c45)c4ccccc34)cc21. The van der Waals surface area contributed by atoms with Crippen molar-refractivity contribution in [2.24, 2.45) is 0 Å². The van der Waals surface area contributed by atoms with E-state index < -0.39 is 0 Å². The van der Waals surface area contributed by atoms with Gasteiger partial charge in [-0.05, 0) is 79.9 Å². The summed E-state index contributed by atoms with van der Waals surface area (Å²) >= 11 is 0. The number of aromatic nitrogens is 2. The molecule has 0 saturated carbocycles. The number of para-hydroxylation sites is 1. The van der Waals surface area contributed by atoms with E-state index in [4.69, 9.17) is 9.97 Å². The topological polar surface area (TPSA) is 49.6 Å². The average molecular weight is 624 g/mol. The third-order valence-electron chi connectivity index (χ3n) is 10.7. The summed E-state index contributed by atoms with van der Waals surface area (Å²) in [7, 11) is 0. The molecule has 2 heterocycles. The first-order chi connectivity index (χ1) is 24.0. The number of nitriles is 1. The Morgan fingerprint density at radius 3 is 2.06 bits per heavy atom. The van der Waals surface area contributed by atoms with Crippen molar-refractivity contribution >= 4 is 54.1 Å². The van der Waals surface area contributed by atoms with E-state index in [2.05, 4.69) is 141 Å². The van der Waals surface area contributed by atoms with Crippen molar-refractivity contribution in [2.75, 3.05) is 0 Å². The molecule has 0 N–H and O–H groups in total. The molecule has 0 fully saturated rings. The minimum Gasteiger partial charge on any atom is -0.256 e. The molecule has 49 heavy (non-hydrogen) atoms. The largest absolute Gasteiger partial charge is 0.256 e. The molecule has 3 heteroatoms. The minimum atomic E-state index is -0.209. The van der Waals surface area contributed by atoms with E-state index in [1.165, 1.54) is 60.3 Å². The van der Waals surface area contributed by atoms with Gasteiger partial charge in [-0.2, -0.15) is 5.26 Å². The minimum absolute atomic E-state index is 0.209. The molecule has 1 aliphatic carbocycles. The fourth-order valence-corrected chi connectivity index (χ4v) is 8.33. The molecule has 1 aliphatic rings. The second kappa shape index (κ2) is 10.1. The molecule has 0 bridgehead atoms. The Morgan fingerprint density at radius 1 is 0.551 bits per heavy atom. The average Bonchev–Trinajstić information content (AvgIpc) is 3.38. The zero-order chi connectivity index (χ0) is 32.9. The highest BCUT2D eigenvalue weighted by Crippen LogP contribution is 2.50. The standard InChI is InChI=1S/C46H29N3/c1-46(2)39-24-27(26-47)13-18-34(39)35-19-17-30(25-40(35)46)31-21-22-36(33-10-4-3-9-32(31)33)45-38-20-16-28-14-15-29-8-7-23-48-44(29)42(28)43(38)37-11-5-6-12-41(37)49-45/h3-25H,1-2H3. The first kappa shape index (κ1) is 27.7. The Hall–Kier alpha value is -6.37. The Labute approximate surface area is 283 Å². The molecule has 0 saturated heterocycles. The molecule has 3 nitrogen and oxygen atoms in total. The first-order valence-electron chi connectivity index (χ1n) is 16.7. The van der Waals surface area contributed by atoms with Gasteiger partial charge in [0.15, 0.2) is 0 Å². The van der Waals surface area contributed by atoms with E-state index in [1.54, 1.807) is 0 Å². The van der Waals surface area contributed by atoms with Crippen LogP contribution >= 0.6 is 0 Å². The lowest BCUT2D eigenvalue weighted by Gasteiger charge is -2.22. The smallest absolute Gasteiger partial charge is 0.0991 e. The molecule has 0 aliphatic heterocycles. The maximum absolute atomic E-state index is 9.60. The van der Waals surface area contributed by atoms with Gasteiger partial charge in [0.25, 0.3) is 0 Å². The summed E-state index contributed by atoms with van der Waals surface area (Å²) in [4.78, 5) is 10.3. The van der Waals surface area contributed by atoms with Crippen molar-refractivity contribution in [3.63, 3.8) is 0 Å². The van der Waals surface area contributed by atoms with E-state index in [1.807, 2.05) is 18.3 Å². The lowest BCUT2D eigenvalue weighted by molar-refractivity contribution is 0.660. The normalized spacial score (nSPS) is 13.2. The van der Waals surface area contributed by atoms with Crippen LogP contribution in [-0.2, 0) is 5.41 Å². The highest BCUT2D eigenvalue weighted by molar-refractivity contribution is 6.28. The van der Waals surface area contributed by atoms with Crippen molar-refractivity contribution in [3.05, 3.63) is 156 Å². The van der Waals surface area contributed by atoms with Gasteiger partial charge < -0.3 is 0 Å². The van der Waals surface area contributed by atoms with Gasteiger partial charge in [0, 0.05) is 44.1 Å². The van der Waals surface area contributed by atoms with Crippen LogP contribution in [0, 0.1) is 11.3 Å². The fourth-order valence-electron chi connectivity index (χ4n) is 8.33. The molecule has 2 aromatic heterocycles. The van der Waals surface area contributed by atoms with Gasteiger partial charge in [-0.15, -0.1) is 0 Å². The number of benzene rings is 7. The molecule has 228 valence electrons. The van der Waals surface area contributed by atoms with Gasteiger partial charge in [0.2, 0.25) is 0 Å². The van der Waals surface area contributed by atoms with Gasteiger partial charge in [-0.1, -0.05) is 117 Å². The van der Waals surface area contributed by atoms with E-state index in [9.17, 15) is 5.26 Å². The van der Waals surface area contributed by atoms with Crippen LogP contribution in [-0.4, -0.2) is 9.97 Å². The van der Waals surface area contributed by atoms with Crippen molar-refractivity contribution in [3.8, 4) is 39.6 Å². The van der Waals surface area contributed by atoms with Crippen LogP contribution in [0.1, 0.15) is 30.5 Å². The quantitative estimate of drug-likeness (QED) is 0.180. The molecular weight excluding hydrogens is 595 g/mol. The maximum atomic E-state index is 9.60. The van der Waals surface area contributed by atoms with Gasteiger partial charge in [-0.3, -0.25) is 4.98 Å². The lowest BCUT2D eigenvalue weighted by Crippen LogP contribution is -2.15. The van der Waals surface area contributed by atoms with Crippen molar-refractivity contribution in [2.45, 2.75) is 19.3 Å². The number of hydrogen-bond acceptors (Lipinski definition) is 3. The predicted octanol–water partition coefficient (Wildman–Crippen LogP) is 11.8. The zero-order valence-electron chi connectivity index (χ0n) is 27.1. The monoisotopic (exact) mass is 623 g/mol. The lowest BCUT2D eigenvalue weighted by atomic mass is 9.81. The summed E-state index contributed by atoms with van der Waals surface area (Å²) in [6.07, 6.45) is 1.89. The molecule has 0 atom stereocenters. The number of nitrogens with zero attached hydrogens (tertiary/aromatic N) is 3. The van der Waals surface area contributed by atoms with Gasteiger partial charge in [0.1, 0.15) is 0 Å². The summed E-state index contributed by atoms with van der Waals surface area (Å²) in [6.45, 7) is 4.53. The van der Waals surface area contributed by atoms with E-state index in [0.717, 1.165) is 38.4 Å². The Bertz CT molecular complexity index is 2930. The number of hydrogen-bond donors (Lipinski definition) is 0. The van der Waals surface area contributed by atoms with Crippen LogP contribution in [0.5, 0.6) is 0 Å². The molecule has 10 rings (SSSR count). The summed E-state index contributed by atoms with van der Waals surface area (Å²) in [5, 5.41) is 18.9. The highest BCUT2D eigenvalue weighted by Gasteiger charge is 2.36. The molecule has 7 aromatic carbocycles. The van der Waals surface area contributed by atoms with Crippen LogP contribution in [0.25, 0.3) is 87.6 Å². The van der Waals surface area contributed by atoms with Crippen LogP contribution in [0.4, 0.5) is 0 Å². The Kier molecular flexibility index (Phi) is 5.69. The molecule has 0 radical (unpaired) electrons. The van der Waals surface area contributed by atoms with Crippen molar-refractivity contribution in [1.29, 1.82) is 5.26 Å². The summed E-state index contributed by atoms with van der Waals surface area (Å²) in [5.74, 6) is 0. The third-order valence-corrected chi connectivity index (χ3v) is 10.7. The fraction of sp³-hybridized carbons (Fsp3) is 0.0652. The summed E-state index contributed by atoms with van der Waals surface area (Å²) < 4.78 is 0. The Balaban J connectivity index is 1.22. The molecule has 9 aromatic rings. The van der Waals surface area contributed by atoms with E-state index >= 15 is 0 Å². The van der Waals surface area contributed by atoms with Crippen LogP contribution < -0.4 is 0 Å². The number of fused-ring (bicyclic) bond motifs is 11. The summed E-state index contributed by atoms with van der Waals surface area (Å²) in [6, 6.07) is 50.0.